The van der Waals surface area contributed by atoms with E-state index in [1.54, 1.807) is 0 Å². The Balaban J connectivity index is 1.38. The van der Waals surface area contributed by atoms with Crippen molar-refractivity contribution in [2.45, 2.75) is 43.8 Å². The van der Waals surface area contributed by atoms with Crippen LogP contribution >= 0.6 is 11.8 Å². The van der Waals surface area contributed by atoms with Gasteiger partial charge < -0.3 is 10.6 Å². The van der Waals surface area contributed by atoms with Crippen LogP contribution in [0.1, 0.15) is 38.5 Å². The molecule has 1 aliphatic heterocycles. The molecule has 7 heteroatoms. The predicted octanol–water partition coefficient (Wildman–Crippen LogP) is 4.08. The molecule has 2 aliphatic rings. The van der Waals surface area contributed by atoms with Gasteiger partial charge in [-0.1, -0.05) is 54.6 Å². The first kappa shape index (κ1) is 18.7. The summed E-state index contributed by atoms with van der Waals surface area (Å²) in [4.78, 5) is 24.7. The van der Waals surface area contributed by atoms with E-state index < -0.39 is 5.25 Å². The fourth-order valence-corrected chi connectivity index (χ4v) is 4.38. The van der Waals surface area contributed by atoms with E-state index >= 15 is 0 Å². The Kier molecular flexibility index (Phi) is 5.71. The number of carbonyl (C=O) groups excluding carboxylic acids is 2. The van der Waals surface area contributed by atoms with Gasteiger partial charge in [-0.05, 0) is 37.1 Å². The van der Waals surface area contributed by atoms with Gasteiger partial charge in [0.15, 0.2) is 5.17 Å². The summed E-state index contributed by atoms with van der Waals surface area (Å²) >= 11 is 1.27. The van der Waals surface area contributed by atoms with Crippen molar-refractivity contribution in [3.05, 3.63) is 42.5 Å². The average molecular weight is 395 g/mol. The fourth-order valence-electron chi connectivity index (χ4n) is 3.47. The van der Waals surface area contributed by atoms with E-state index in [1.807, 2.05) is 42.5 Å². The number of amides is 2. The highest BCUT2D eigenvalue weighted by atomic mass is 32.2. The Morgan fingerprint density at radius 2 is 1.86 bits per heavy atom. The monoisotopic (exact) mass is 394 g/mol. The molecule has 1 aliphatic carbocycles. The van der Waals surface area contributed by atoms with Gasteiger partial charge in [-0.15, -0.1) is 5.10 Å². The van der Waals surface area contributed by atoms with Crippen LogP contribution in [0.15, 0.2) is 52.7 Å². The first-order valence-corrected chi connectivity index (χ1v) is 10.5. The molecule has 2 fully saturated rings. The van der Waals surface area contributed by atoms with Gasteiger partial charge in [-0.25, -0.2) is 0 Å². The van der Waals surface area contributed by atoms with Gasteiger partial charge in [0, 0.05) is 23.2 Å². The number of rotatable bonds is 4. The number of carbonyl (C=O) groups is 2. The Morgan fingerprint density at radius 3 is 2.71 bits per heavy atom. The van der Waals surface area contributed by atoms with E-state index in [1.165, 1.54) is 18.2 Å². The van der Waals surface area contributed by atoms with Gasteiger partial charge in [0.2, 0.25) is 11.8 Å². The second-order valence-corrected chi connectivity index (χ2v) is 8.20. The van der Waals surface area contributed by atoms with Crippen molar-refractivity contribution in [2.75, 3.05) is 5.32 Å². The largest absolute Gasteiger partial charge is 0.325 e. The number of benzene rings is 2. The molecule has 1 saturated heterocycles. The molecule has 6 nitrogen and oxygen atoms in total. The normalized spacial score (nSPS) is 21.0. The third-order valence-electron chi connectivity index (χ3n) is 4.92. The Morgan fingerprint density at radius 1 is 1.07 bits per heavy atom. The van der Waals surface area contributed by atoms with Gasteiger partial charge >= 0.3 is 0 Å². The number of nitrogens with zero attached hydrogens (tertiary/aromatic N) is 2. The van der Waals surface area contributed by atoms with Crippen LogP contribution in [-0.2, 0) is 9.59 Å². The molecule has 28 heavy (non-hydrogen) atoms. The minimum absolute atomic E-state index is 0.0926. The molecule has 2 N–H and O–H groups in total. The van der Waals surface area contributed by atoms with Crippen LogP contribution in [0, 0.1) is 0 Å². The van der Waals surface area contributed by atoms with Crippen molar-refractivity contribution >= 4 is 50.9 Å². The first-order chi connectivity index (χ1) is 13.7. The Labute approximate surface area is 167 Å². The second kappa shape index (κ2) is 8.56. The van der Waals surface area contributed by atoms with Crippen molar-refractivity contribution < 1.29 is 9.59 Å². The third-order valence-corrected chi connectivity index (χ3v) is 6.00. The van der Waals surface area contributed by atoms with Crippen LogP contribution in [0.25, 0.3) is 10.8 Å². The summed E-state index contributed by atoms with van der Waals surface area (Å²) in [5.41, 5.74) is 1.84. The van der Waals surface area contributed by atoms with Crippen LogP contribution in [0.2, 0.25) is 0 Å². The molecular formula is C21H22N4O2S. The first-order valence-electron chi connectivity index (χ1n) is 9.57. The molecule has 144 valence electrons. The molecule has 0 bridgehead atoms. The maximum Gasteiger partial charge on any atom is 0.240 e. The van der Waals surface area contributed by atoms with Gasteiger partial charge in [-0.2, -0.15) is 5.10 Å². The number of nitrogens with one attached hydrogen (secondary N) is 2. The van der Waals surface area contributed by atoms with E-state index in [-0.39, 0.29) is 18.2 Å². The van der Waals surface area contributed by atoms with Crippen molar-refractivity contribution in [2.24, 2.45) is 10.2 Å². The van der Waals surface area contributed by atoms with Gasteiger partial charge in [0.25, 0.3) is 0 Å². The molecule has 1 atom stereocenters. The summed E-state index contributed by atoms with van der Waals surface area (Å²) in [5.74, 6) is -0.385. The molecule has 1 heterocycles. The van der Waals surface area contributed by atoms with Crippen LogP contribution in [0.3, 0.4) is 0 Å². The van der Waals surface area contributed by atoms with Crippen molar-refractivity contribution in [3.63, 3.8) is 0 Å². The highest BCUT2D eigenvalue weighted by Crippen LogP contribution is 2.26. The van der Waals surface area contributed by atoms with Gasteiger partial charge in [0.1, 0.15) is 5.25 Å². The number of anilines is 1. The maximum absolute atomic E-state index is 12.5. The average Bonchev–Trinajstić information content (AvgIpc) is 3.06. The fraction of sp³-hybridized carbons (Fsp3) is 0.333. The predicted molar refractivity (Wildman–Crippen MR) is 115 cm³/mol. The summed E-state index contributed by atoms with van der Waals surface area (Å²) in [5, 5.41) is 16.2. The molecule has 0 spiro atoms. The van der Waals surface area contributed by atoms with E-state index in [9.17, 15) is 9.59 Å². The molecule has 4 rings (SSSR count). The molecule has 0 radical (unpaired) electrons. The number of thioether (sulfide) groups is 1. The Bertz CT molecular complexity index is 957. The van der Waals surface area contributed by atoms with Gasteiger partial charge in [0.05, 0.1) is 0 Å². The van der Waals surface area contributed by atoms with Crippen LogP contribution < -0.4 is 10.6 Å². The molecule has 2 amide bonds. The van der Waals surface area contributed by atoms with Crippen LogP contribution in [0.4, 0.5) is 5.69 Å². The van der Waals surface area contributed by atoms with Gasteiger partial charge in [-0.3, -0.25) is 9.59 Å². The standard InChI is InChI=1S/C21H22N4O2S/c26-19(22-17-12-6-8-14-7-4-5-11-16(14)17)13-18-20(27)23-21(28-18)25-24-15-9-2-1-3-10-15/h4-8,11-12,18H,1-3,9-10,13H2,(H,22,26)(H,23,25,27)/t18-/m1/s1. The molecule has 0 unspecified atom stereocenters. The highest BCUT2D eigenvalue weighted by molar-refractivity contribution is 8.15. The summed E-state index contributed by atoms with van der Waals surface area (Å²) in [6.07, 6.45) is 5.60. The van der Waals surface area contributed by atoms with Crippen molar-refractivity contribution in [1.29, 1.82) is 0 Å². The Hall–Kier alpha value is -2.67. The van der Waals surface area contributed by atoms with Crippen LogP contribution in [-0.4, -0.2) is 27.9 Å². The topological polar surface area (TPSA) is 82.9 Å². The smallest absolute Gasteiger partial charge is 0.240 e. The maximum atomic E-state index is 12.5. The molecule has 1 saturated carbocycles. The number of fused-ring (bicyclic) bond motifs is 1. The van der Waals surface area contributed by atoms with E-state index in [4.69, 9.17) is 0 Å². The number of amidine groups is 1. The van der Waals surface area contributed by atoms with E-state index in [2.05, 4.69) is 20.8 Å². The lowest BCUT2D eigenvalue weighted by atomic mass is 9.99. The molecular weight excluding hydrogens is 372 g/mol. The zero-order chi connectivity index (χ0) is 19.3. The molecule has 2 aromatic carbocycles. The minimum Gasteiger partial charge on any atom is -0.325 e. The lowest BCUT2D eigenvalue weighted by Gasteiger charge is -2.10. The number of hydrogen-bond acceptors (Lipinski definition) is 5. The summed E-state index contributed by atoms with van der Waals surface area (Å²) < 4.78 is 0. The molecule has 2 aromatic rings. The minimum atomic E-state index is -0.486. The summed E-state index contributed by atoms with van der Waals surface area (Å²) in [6, 6.07) is 13.7. The second-order valence-electron chi connectivity index (χ2n) is 7.01. The zero-order valence-electron chi connectivity index (χ0n) is 15.5. The SMILES string of the molecule is O=C(C[C@H]1S/C(=N/N=C2CCCCC2)NC1=O)Nc1cccc2ccccc12. The highest BCUT2D eigenvalue weighted by Gasteiger charge is 2.32. The lowest BCUT2D eigenvalue weighted by molar-refractivity contribution is -0.122. The summed E-state index contributed by atoms with van der Waals surface area (Å²) in [6.45, 7) is 0. The van der Waals surface area contributed by atoms with Crippen molar-refractivity contribution in [3.8, 4) is 0 Å². The third kappa shape index (κ3) is 4.42. The van der Waals surface area contributed by atoms with E-state index in [0.29, 0.717) is 5.17 Å². The van der Waals surface area contributed by atoms with Crippen molar-refractivity contribution in [1.82, 2.24) is 5.32 Å². The zero-order valence-corrected chi connectivity index (χ0v) is 16.3. The van der Waals surface area contributed by atoms with E-state index in [0.717, 1.165) is 47.9 Å². The number of hydrogen-bond donors (Lipinski definition) is 2. The quantitative estimate of drug-likeness (QED) is 0.767. The summed E-state index contributed by atoms with van der Waals surface area (Å²) in [7, 11) is 0. The lowest BCUT2D eigenvalue weighted by Crippen LogP contribution is -2.28. The van der Waals surface area contributed by atoms with Crippen LogP contribution in [0.5, 0.6) is 0 Å². The molecule has 0 aromatic heterocycles.